The van der Waals surface area contributed by atoms with Gasteiger partial charge < -0.3 is 10.2 Å². The Morgan fingerprint density at radius 1 is 1.39 bits per heavy atom. The van der Waals surface area contributed by atoms with Gasteiger partial charge in [0, 0.05) is 22.3 Å². The van der Waals surface area contributed by atoms with E-state index < -0.39 is 0 Å². The summed E-state index contributed by atoms with van der Waals surface area (Å²) in [5.41, 5.74) is 0. The SMILES string of the molecule is Cc1ccc(C(C)N2CCC(NC(C)C)C2=O)s1. The molecule has 0 bridgehead atoms. The molecule has 1 aromatic heterocycles. The zero-order valence-electron chi connectivity index (χ0n) is 11.6. The van der Waals surface area contributed by atoms with Crippen LogP contribution in [0.4, 0.5) is 0 Å². The number of amides is 1. The first kappa shape index (κ1) is 13.6. The second-order valence-electron chi connectivity index (χ2n) is 5.32. The summed E-state index contributed by atoms with van der Waals surface area (Å²) < 4.78 is 0. The van der Waals surface area contributed by atoms with Crippen LogP contribution < -0.4 is 5.32 Å². The molecule has 3 nitrogen and oxygen atoms in total. The highest BCUT2D eigenvalue weighted by Gasteiger charge is 2.35. The summed E-state index contributed by atoms with van der Waals surface area (Å²) in [5, 5.41) is 3.35. The standard InChI is InChI=1S/C14H22N2OS/c1-9(2)15-12-7-8-16(14(12)17)11(4)13-6-5-10(3)18-13/h5-6,9,11-12,15H,7-8H2,1-4H3. The normalized spacial score (nSPS) is 21.9. The topological polar surface area (TPSA) is 32.3 Å². The average Bonchev–Trinajstić information content (AvgIpc) is 2.86. The van der Waals surface area contributed by atoms with Gasteiger partial charge in [0.05, 0.1) is 12.1 Å². The van der Waals surface area contributed by atoms with Crippen molar-refractivity contribution >= 4 is 17.2 Å². The Morgan fingerprint density at radius 3 is 2.67 bits per heavy atom. The van der Waals surface area contributed by atoms with E-state index in [0.717, 1.165) is 13.0 Å². The molecule has 0 aromatic carbocycles. The summed E-state index contributed by atoms with van der Waals surface area (Å²) in [6.07, 6.45) is 0.922. The van der Waals surface area contributed by atoms with Gasteiger partial charge in [-0.25, -0.2) is 0 Å². The van der Waals surface area contributed by atoms with Crippen molar-refractivity contribution in [2.45, 2.75) is 52.2 Å². The number of carbonyl (C=O) groups is 1. The number of thiophene rings is 1. The summed E-state index contributed by atoms with van der Waals surface area (Å²) >= 11 is 1.79. The molecule has 1 N–H and O–H groups in total. The van der Waals surface area contributed by atoms with Crippen molar-refractivity contribution in [3.8, 4) is 0 Å². The predicted molar refractivity (Wildman–Crippen MR) is 75.9 cm³/mol. The first-order valence-electron chi connectivity index (χ1n) is 6.62. The van der Waals surface area contributed by atoms with Gasteiger partial charge in [0.25, 0.3) is 0 Å². The van der Waals surface area contributed by atoms with Crippen molar-refractivity contribution in [1.29, 1.82) is 0 Å². The number of likely N-dealkylation sites (tertiary alicyclic amines) is 1. The van der Waals surface area contributed by atoms with E-state index in [9.17, 15) is 4.79 Å². The maximum atomic E-state index is 12.3. The molecule has 1 aliphatic rings. The van der Waals surface area contributed by atoms with Crippen LogP contribution in [0.2, 0.25) is 0 Å². The lowest BCUT2D eigenvalue weighted by atomic mass is 10.2. The smallest absolute Gasteiger partial charge is 0.240 e. The molecule has 2 atom stereocenters. The fraction of sp³-hybridized carbons (Fsp3) is 0.643. The van der Waals surface area contributed by atoms with Crippen LogP contribution in [0.15, 0.2) is 12.1 Å². The molecule has 0 spiro atoms. The van der Waals surface area contributed by atoms with Crippen molar-refractivity contribution in [3.05, 3.63) is 21.9 Å². The van der Waals surface area contributed by atoms with Crippen molar-refractivity contribution in [1.82, 2.24) is 10.2 Å². The minimum absolute atomic E-state index is 0.00788. The van der Waals surface area contributed by atoms with Crippen LogP contribution in [0.3, 0.4) is 0 Å². The van der Waals surface area contributed by atoms with Crippen molar-refractivity contribution < 1.29 is 4.79 Å². The van der Waals surface area contributed by atoms with Crippen molar-refractivity contribution in [2.75, 3.05) is 6.54 Å². The van der Waals surface area contributed by atoms with Crippen LogP contribution in [0.5, 0.6) is 0 Å². The summed E-state index contributed by atoms with van der Waals surface area (Å²) in [5.74, 6) is 0.252. The highest BCUT2D eigenvalue weighted by atomic mass is 32.1. The van der Waals surface area contributed by atoms with Gasteiger partial charge >= 0.3 is 0 Å². The quantitative estimate of drug-likeness (QED) is 0.909. The van der Waals surface area contributed by atoms with Crippen molar-refractivity contribution in [3.63, 3.8) is 0 Å². The van der Waals surface area contributed by atoms with Gasteiger partial charge in [0.1, 0.15) is 0 Å². The van der Waals surface area contributed by atoms with Gasteiger partial charge in [-0.3, -0.25) is 4.79 Å². The molecule has 1 aromatic rings. The Balaban J connectivity index is 2.04. The number of aryl methyl sites for hydroxylation is 1. The predicted octanol–water partition coefficient (Wildman–Crippen LogP) is 2.72. The third-order valence-corrected chi connectivity index (χ3v) is 4.59. The number of carbonyl (C=O) groups excluding carboxylic acids is 1. The van der Waals surface area contributed by atoms with E-state index in [0.29, 0.717) is 6.04 Å². The fourth-order valence-corrected chi connectivity index (χ4v) is 3.42. The van der Waals surface area contributed by atoms with Gasteiger partial charge in [-0.2, -0.15) is 0 Å². The van der Waals surface area contributed by atoms with E-state index in [1.807, 2.05) is 4.90 Å². The zero-order chi connectivity index (χ0) is 13.3. The van der Waals surface area contributed by atoms with E-state index >= 15 is 0 Å². The summed E-state index contributed by atoms with van der Waals surface area (Å²) in [6.45, 7) is 9.27. The van der Waals surface area contributed by atoms with Crippen LogP contribution >= 0.6 is 11.3 Å². The van der Waals surface area contributed by atoms with E-state index in [2.05, 4.69) is 45.1 Å². The van der Waals surface area contributed by atoms with Crippen LogP contribution in [-0.2, 0) is 4.79 Å². The molecule has 1 saturated heterocycles. The lowest BCUT2D eigenvalue weighted by Crippen LogP contribution is -2.42. The zero-order valence-corrected chi connectivity index (χ0v) is 12.4. The average molecular weight is 266 g/mol. The maximum absolute atomic E-state index is 12.3. The number of rotatable bonds is 4. The van der Waals surface area contributed by atoms with E-state index in [1.165, 1.54) is 9.75 Å². The van der Waals surface area contributed by atoms with Crippen LogP contribution in [-0.4, -0.2) is 29.4 Å². The largest absolute Gasteiger partial charge is 0.334 e. The molecule has 2 rings (SSSR count). The minimum atomic E-state index is 0.00788. The third-order valence-electron chi connectivity index (χ3n) is 3.41. The van der Waals surface area contributed by atoms with Gasteiger partial charge in [0.2, 0.25) is 5.91 Å². The second-order valence-corrected chi connectivity index (χ2v) is 6.64. The third kappa shape index (κ3) is 2.75. The molecule has 0 aliphatic carbocycles. The lowest BCUT2D eigenvalue weighted by Gasteiger charge is -2.24. The number of nitrogens with zero attached hydrogens (tertiary/aromatic N) is 1. The van der Waals surface area contributed by atoms with Crippen LogP contribution in [0.25, 0.3) is 0 Å². The molecule has 2 heterocycles. The number of hydrogen-bond acceptors (Lipinski definition) is 3. The molecule has 1 fully saturated rings. The number of nitrogens with one attached hydrogen (secondary N) is 1. The highest BCUT2D eigenvalue weighted by molar-refractivity contribution is 7.12. The molecular weight excluding hydrogens is 244 g/mol. The number of hydrogen-bond donors (Lipinski definition) is 1. The Kier molecular flexibility index (Phi) is 4.07. The first-order valence-corrected chi connectivity index (χ1v) is 7.43. The van der Waals surface area contributed by atoms with E-state index in [-0.39, 0.29) is 18.0 Å². The molecular formula is C14H22N2OS. The first-order chi connectivity index (χ1) is 8.49. The summed E-state index contributed by atoms with van der Waals surface area (Å²) in [4.78, 5) is 16.9. The Morgan fingerprint density at radius 2 is 2.11 bits per heavy atom. The molecule has 4 heteroatoms. The lowest BCUT2D eigenvalue weighted by molar-refractivity contribution is -0.131. The summed E-state index contributed by atoms with van der Waals surface area (Å²) in [6, 6.07) is 4.84. The van der Waals surface area contributed by atoms with Crippen molar-refractivity contribution in [2.24, 2.45) is 0 Å². The van der Waals surface area contributed by atoms with E-state index in [4.69, 9.17) is 0 Å². The Labute approximate surface area is 113 Å². The fourth-order valence-electron chi connectivity index (χ4n) is 2.48. The molecule has 0 radical (unpaired) electrons. The van der Waals surface area contributed by atoms with Gasteiger partial charge in [0.15, 0.2) is 0 Å². The van der Waals surface area contributed by atoms with Gasteiger partial charge in [-0.1, -0.05) is 13.8 Å². The monoisotopic (exact) mass is 266 g/mol. The summed E-state index contributed by atoms with van der Waals surface area (Å²) in [7, 11) is 0. The maximum Gasteiger partial charge on any atom is 0.240 e. The Hall–Kier alpha value is -0.870. The molecule has 2 unspecified atom stereocenters. The highest BCUT2D eigenvalue weighted by Crippen LogP contribution is 2.30. The molecule has 18 heavy (non-hydrogen) atoms. The van der Waals surface area contributed by atoms with Crippen LogP contribution in [0.1, 0.15) is 43.0 Å². The van der Waals surface area contributed by atoms with Crippen LogP contribution in [0, 0.1) is 6.92 Å². The molecule has 1 amide bonds. The Bertz CT molecular complexity index is 427. The molecule has 0 saturated carbocycles. The minimum Gasteiger partial charge on any atom is -0.334 e. The van der Waals surface area contributed by atoms with E-state index in [1.54, 1.807) is 11.3 Å². The molecule has 1 aliphatic heterocycles. The van der Waals surface area contributed by atoms with Gasteiger partial charge in [-0.15, -0.1) is 11.3 Å². The second kappa shape index (κ2) is 5.41. The van der Waals surface area contributed by atoms with Gasteiger partial charge in [-0.05, 0) is 32.4 Å². The molecule has 100 valence electrons.